The van der Waals surface area contributed by atoms with Crippen molar-refractivity contribution >= 4 is 5.82 Å². The summed E-state index contributed by atoms with van der Waals surface area (Å²) in [5, 5.41) is 4.38. The van der Waals surface area contributed by atoms with Crippen LogP contribution in [-0.4, -0.2) is 9.78 Å². The van der Waals surface area contributed by atoms with Crippen LogP contribution in [0.3, 0.4) is 0 Å². The van der Waals surface area contributed by atoms with Gasteiger partial charge in [0.25, 0.3) is 0 Å². The number of hydrogen-bond donors (Lipinski definition) is 1. The molecule has 0 aromatic carbocycles. The third kappa shape index (κ3) is 1.51. The molecule has 0 radical (unpaired) electrons. The summed E-state index contributed by atoms with van der Waals surface area (Å²) in [6.07, 6.45) is 3.93. The van der Waals surface area contributed by atoms with E-state index in [1.54, 1.807) is 0 Å². The Labute approximate surface area is 85.3 Å². The van der Waals surface area contributed by atoms with E-state index < -0.39 is 0 Å². The van der Waals surface area contributed by atoms with E-state index in [0.29, 0.717) is 11.7 Å². The monoisotopic (exact) mass is 193 g/mol. The van der Waals surface area contributed by atoms with Crippen molar-refractivity contribution < 1.29 is 0 Å². The largest absolute Gasteiger partial charge is 0.382 e. The van der Waals surface area contributed by atoms with E-state index in [2.05, 4.69) is 30.6 Å². The summed E-state index contributed by atoms with van der Waals surface area (Å²) in [5.74, 6) is 1.35. The van der Waals surface area contributed by atoms with E-state index in [1.807, 2.05) is 6.07 Å². The third-order valence-corrected chi connectivity index (χ3v) is 2.91. The molecule has 0 aliphatic heterocycles. The molecule has 1 saturated carbocycles. The molecule has 3 nitrogen and oxygen atoms in total. The normalized spacial score (nSPS) is 18.2. The van der Waals surface area contributed by atoms with Crippen LogP contribution in [0, 0.1) is 0 Å². The SMILES string of the molecule is CC(C)(C)n1nc(N)cc1C1CCC1. The van der Waals surface area contributed by atoms with Crippen molar-refractivity contribution in [3.8, 4) is 0 Å². The Morgan fingerprint density at radius 2 is 2.07 bits per heavy atom. The van der Waals surface area contributed by atoms with Crippen molar-refractivity contribution in [2.75, 3.05) is 5.73 Å². The quantitative estimate of drug-likeness (QED) is 0.744. The molecule has 0 spiro atoms. The predicted octanol–water partition coefficient (Wildman–Crippen LogP) is 2.49. The summed E-state index contributed by atoms with van der Waals surface area (Å²) in [7, 11) is 0. The lowest BCUT2D eigenvalue weighted by Gasteiger charge is -2.30. The molecule has 2 rings (SSSR count). The van der Waals surface area contributed by atoms with E-state index in [0.717, 1.165) is 0 Å². The van der Waals surface area contributed by atoms with E-state index in [9.17, 15) is 0 Å². The van der Waals surface area contributed by atoms with Crippen molar-refractivity contribution in [2.45, 2.75) is 51.5 Å². The first kappa shape index (κ1) is 9.56. The molecule has 0 unspecified atom stereocenters. The Hall–Kier alpha value is -0.990. The fraction of sp³-hybridized carbons (Fsp3) is 0.727. The van der Waals surface area contributed by atoms with Crippen LogP contribution in [0.1, 0.15) is 51.6 Å². The second-order valence-corrected chi connectivity index (χ2v) is 5.20. The van der Waals surface area contributed by atoms with E-state index in [1.165, 1.54) is 25.0 Å². The van der Waals surface area contributed by atoms with Gasteiger partial charge in [-0.2, -0.15) is 5.10 Å². The molecule has 1 aromatic rings. The maximum Gasteiger partial charge on any atom is 0.145 e. The minimum Gasteiger partial charge on any atom is -0.382 e. The summed E-state index contributed by atoms with van der Waals surface area (Å²) < 4.78 is 2.09. The number of nitrogen functional groups attached to an aromatic ring is 1. The fourth-order valence-corrected chi connectivity index (χ4v) is 1.95. The number of nitrogens with two attached hydrogens (primary N) is 1. The van der Waals surface area contributed by atoms with Crippen LogP contribution in [0.2, 0.25) is 0 Å². The zero-order chi connectivity index (χ0) is 10.3. The average Bonchev–Trinajstić information content (AvgIpc) is 2.26. The van der Waals surface area contributed by atoms with Crippen LogP contribution in [-0.2, 0) is 5.54 Å². The molecule has 78 valence electrons. The molecule has 3 heteroatoms. The molecular formula is C11H19N3. The minimum absolute atomic E-state index is 0.0442. The number of anilines is 1. The van der Waals surface area contributed by atoms with Gasteiger partial charge >= 0.3 is 0 Å². The van der Waals surface area contributed by atoms with Crippen LogP contribution in [0.15, 0.2) is 6.07 Å². The van der Waals surface area contributed by atoms with Gasteiger partial charge in [0.15, 0.2) is 0 Å². The Bertz CT molecular complexity index is 329. The molecule has 0 atom stereocenters. The van der Waals surface area contributed by atoms with Crippen molar-refractivity contribution in [1.82, 2.24) is 9.78 Å². The molecule has 0 amide bonds. The lowest BCUT2D eigenvalue weighted by atomic mass is 9.82. The van der Waals surface area contributed by atoms with Crippen molar-refractivity contribution in [3.63, 3.8) is 0 Å². The standard InChI is InChI=1S/C11H19N3/c1-11(2,3)14-9(7-10(12)13-14)8-5-4-6-8/h7-8H,4-6H2,1-3H3,(H2,12,13). The van der Waals surface area contributed by atoms with E-state index in [-0.39, 0.29) is 5.54 Å². The molecule has 0 saturated heterocycles. The molecule has 2 N–H and O–H groups in total. The van der Waals surface area contributed by atoms with Gasteiger partial charge in [-0.1, -0.05) is 6.42 Å². The van der Waals surface area contributed by atoms with E-state index >= 15 is 0 Å². The Morgan fingerprint density at radius 1 is 1.43 bits per heavy atom. The summed E-state index contributed by atoms with van der Waals surface area (Å²) in [6, 6.07) is 2.04. The van der Waals surface area contributed by atoms with Gasteiger partial charge < -0.3 is 5.73 Å². The molecule has 1 heterocycles. The highest BCUT2D eigenvalue weighted by molar-refractivity contribution is 5.32. The first-order valence-corrected chi connectivity index (χ1v) is 5.34. The summed E-state index contributed by atoms with van der Waals surface area (Å²) >= 11 is 0. The highest BCUT2D eigenvalue weighted by Crippen LogP contribution is 2.38. The Kier molecular flexibility index (Phi) is 2.05. The zero-order valence-electron chi connectivity index (χ0n) is 9.25. The lowest BCUT2D eigenvalue weighted by molar-refractivity contribution is 0.308. The number of nitrogens with zero attached hydrogens (tertiary/aromatic N) is 2. The second-order valence-electron chi connectivity index (χ2n) is 5.20. The highest BCUT2D eigenvalue weighted by atomic mass is 15.3. The first-order chi connectivity index (χ1) is 6.48. The number of aromatic nitrogens is 2. The molecule has 1 aliphatic rings. The topological polar surface area (TPSA) is 43.8 Å². The van der Waals surface area contributed by atoms with Gasteiger partial charge in [0.05, 0.1) is 5.54 Å². The maximum absolute atomic E-state index is 5.76. The Morgan fingerprint density at radius 3 is 2.50 bits per heavy atom. The molecular weight excluding hydrogens is 174 g/mol. The predicted molar refractivity (Wildman–Crippen MR) is 58.2 cm³/mol. The highest BCUT2D eigenvalue weighted by Gasteiger charge is 2.27. The number of rotatable bonds is 1. The smallest absolute Gasteiger partial charge is 0.145 e. The van der Waals surface area contributed by atoms with Crippen LogP contribution in [0.4, 0.5) is 5.82 Å². The Balaban J connectivity index is 2.37. The maximum atomic E-state index is 5.76. The molecule has 14 heavy (non-hydrogen) atoms. The van der Waals surface area contributed by atoms with Crippen LogP contribution < -0.4 is 5.73 Å². The summed E-state index contributed by atoms with van der Waals surface area (Å²) in [4.78, 5) is 0. The molecule has 1 aromatic heterocycles. The first-order valence-electron chi connectivity index (χ1n) is 5.34. The third-order valence-electron chi connectivity index (χ3n) is 2.91. The van der Waals surface area contributed by atoms with Crippen LogP contribution in [0.25, 0.3) is 0 Å². The van der Waals surface area contributed by atoms with E-state index in [4.69, 9.17) is 5.73 Å². The minimum atomic E-state index is 0.0442. The lowest BCUT2D eigenvalue weighted by Crippen LogP contribution is -2.28. The zero-order valence-corrected chi connectivity index (χ0v) is 9.25. The summed E-state index contributed by atoms with van der Waals surface area (Å²) in [6.45, 7) is 6.50. The van der Waals surface area contributed by atoms with Crippen molar-refractivity contribution in [1.29, 1.82) is 0 Å². The van der Waals surface area contributed by atoms with Crippen molar-refractivity contribution in [3.05, 3.63) is 11.8 Å². The average molecular weight is 193 g/mol. The van der Waals surface area contributed by atoms with Gasteiger partial charge in [-0.25, -0.2) is 0 Å². The molecule has 0 bridgehead atoms. The van der Waals surface area contributed by atoms with Gasteiger partial charge in [-0.05, 0) is 33.6 Å². The summed E-state index contributed by atoms with van der Waals surface area (Å²) in [5.41, 5.74) is 7.13. The van der Waals surface area contributed by atoms with Crippen molar-refractivity contribution in [2.24, 2.45) is 0 Å². The fourth-order valence-electron chi connectivity index (χ4n) is 1.95. The molecule has 1 aliphatic carbocycles. The number of hydrogen-bond acceptors (Lipinski definition) is 2. The van der Waals surface area contributed by atoms with Gasteiger partial charge in [0.1, 0.15) is 5.82 Å². The van der Waals surface area contributed by atoms with Gasteiger partial charge in [-0.3, -0.25) is 4.68 Å². The van der Waals surface area contributed by atoms with Gasteiger partial charge in [0, 0.05) is 17.7 Å². The second kappa shape index (κ2) is 3.01. The van der Waals surface area contributed by atoms with Crippen LogP contribution in [0.5, 0.6) is 0 Å². The van der Waals surface area contributed by atoms with Gasteiger partial charge in [-0.15, -0.1) is 0 Å². The van der Waals surface area contributed by atoms with Gasteiger partial charge in [0.2, 0.25) is 0 Å². The van der Waals surface area contributed by atoms with Crippen LogP contribution >= 0.6 is 0 Å². The molecule has 1 fully saturated rings.